The molecule has 0 aromatic carbocycles. The lowest BCUT2D eigenvalue weighted by Gasteiger charge is -2.07. The molecular formula is C10H10N2O3S. The molecule has 2 N–H and O–H groups in total. The highest BCUT2D eigenvalue weighted by Crippen LogP contribution is 2.14. The fourth-order valence-electron chi connectivity index (χ4n) is 1.36. The molecule has 0 bridgehead atoms. The van der Waals surface area contributed by atoms with E-state index in [9.17, 15) is 14.7 Å². The van der Waals surface area contributed by atoms with Crippen molar-refractivity contribution < 1.29 is 5.11 Å². The molecule has 0 saturated heterocycles. The van der Waals surface area contributed by atoms with Crippen molar-refractivity contribution in [1.29, 1.82) is 0 Å². The van der Waals surface area contributed by atoms with E-state index in [0.717, 1.165) is 9.44 Å². The molecule has 6 heteroatoms. The molecule has 2 heterocycles. The van der Waals surface area contributed by atoms with Crippen molar-refractivity contribution in [3.05, 3.63) is 48.8 Å². The molecule has 2 aromatic heterocycles. The summed E-state index contributed by atoms with van der Waals surface area (Å²) in [7, 11) is 0. The van der Waals surface area contributed by atoms with E-state index in [4.69, 9.17) is 0 Å². The van der Waals surface area contributed by atoms with Gasteiger partial charge >= 0.3 is 5.69 Å². The normalized spacial score (nSPS) is 10.6. The lowest BCUT2D eigenvalue weighted by Crippen LogP contribution is -2.31. The van der Waals surface area contributed by atoms with E-state index in [-0.39, 0.29) is 18.0 Å². The number of aromatic nitrogens is 2. The van der Waals surface area contributed by atoms with Gasteiger partial charge in [-0.2, -0.15) is 0 Å². The maximum atomic E-state index is 11.5. The van der Waals surface area contributed by atoms with Crippen LogP contribution in [0.1, 0.15) is 10.4 Å². The minimum Gasteiger partial charge on any atom is -0.494 e. The minimum absolute atomic E-state index is 0.149. The van der Waals surface area contributed by atoms with Crippen molar-refractivity contribution in [3.63, 3.8) is 0 Å². The number of rotatable bonds is 2. The Morgan fingerprint density at radius 1 is 1.50 bits per heavy atom. The van der Waals surface area contributed by atoms with Crippen molar-refractivity contribution in [2.24, 2.45) is 0 Å². The van der Waals surface area contributed by atoms with Gasteiger partial charge in [0.25, 0.3) is 5.56 Å². The molecule has 0 saturated carbocycles. The summed E-state index contributed by atoms with van der Waals surface area (Å²) in [6, 6.07) is 3.72. The Hall–Kier alpha value is -1.82. The molecule has 0 amide bonds. The zero-order valence-electron chi connectivity index (χ0n) is 8.56. The molecule has 84 valence electrons. The van der Waals surface area contributed by atoms with E-state index < -0.39 is 11.2 Å². The summed E-state index contributed by atoms with van der Waals surface area (Å²) in [6.45, 7) is 1.73. The van der Waals surface area contributed by atoms with Crippen LogP contribution in [0.4, 0.5) is 0 Å². The van der Waals surface area contributed by atoms with E-state index >= 15 is 0 Å². The van der Waals surface area contributed by atoms with E-state index in [2.05, 4.69) is 4.98 Å². The van der Waals surface area contributed by atoms with Crippen molar-refractivity contribution in [2.45, 2.75) is 13.5 Å². The number of thiophene rings is 1. The Morgan fingerprint density at radius 2 is 2.25 bits per heavy atom. The molecule has 16 heavy (non-hydrogen) atoms. The van der Waals surface area contributed by atoms with Crippen LogP contribution in [0.2, 0.25) is 0 Å². The molecule has 0 aliphatic rings. The first-order valence-electron chi connectivity index (χ1n) is 4.64. The predicted molar refractivity (Wildman–Crippen MR) is 61.1 cm³/mol. The van der Waals surface area contributed by atoms with Crippen LogP contribution in [0, 0.1) is 6.92 Å². The number of aromatic hydroxyl groups is 1. The van der Waals surface area contributed by atoms with Crippen LogP contribution in [0.3, 0.4) is 0 Å². The highest BCUT2D eigenvalue weighted by molar-refractivity contribution is 7.09. The van der Waals surface area contributed by atoms with Gasteiger partial charge in [-0.25, -0.2) is 4.79 Å². The number of nitrogens with zero attached hydrogens (tertiary/aromatic N) is 1. The Balaban J connectivity index is 2.53. The molecular weight excluding hydrogens is 228 g/mol. The maximum Gasteiger partial charge on any atom is 0.331 e. The van der Waals surface area contributed by atoms with Crippen molar-refractivity contribution in [3.8, 4) is 5.88 Å². The molecule has 0 aliphatic carbocycles. The summed E-state index contributed by atoms with van der Waals surface area (Å²) >= 11 is 1.48. The number of H-pyrrole nitrogens is 1. The number of aromatic amines is 1. The first-order chi connectivity index (χ1) is 7.59. The Bertz CT molecular complexity index is 610. The largest absolute Gasteiger partial charge is 0.494 e. The van der Waals surface area contributed by atoms with Crippen molar-refractivity contribution in [1.82, 2.24) is 9.55 Å². The molecule has 0 atom stereocenters. The third-order valence-electron chi connectivity index (χ3n) is 2.29. The molecule has 0 aliphatic heterocycles. The summed E-state index contributed by atoms with van der Waals surface area (Å²) in [5.41, 5.74) is -0.998. The summed E-state index contributed by atoms with van der Waals surface area (Å²) in [5, 5.41) is 11.6. The second-order valence-electron chi connectivity index (χ2n) is 3.37. The Labute approximate surface area is 94.6 Å². The van der Waals surface area contributed by atoms with Crippen LogP contribution in [-0.2, 0) is 6.54 Å². The number of hydrogen-bond acceptors (Lipinski definition) is 4. The van der Waals surface area contributed by atoms with Gasteiger partial charge in [0, 0.05) is 4.88 Å². The van der Waals surface area contributed by atoms with Crippen LogP contribution in [0.15, 0.2) is 27.1 Å². The first-order valence-corrected chi connectivity index (χ1v) is 5.52. The summed E-state index contributed by atoms with van der Waals surface area (Å²) in [5.74, 6) is -0.276. The van der Waals surface area contributed by atoms with E-state index in [1.165, 1.54) is 18.3 Å². The van der Waals surface area contributed by atoms with Crippen molar-refractivity contribution in [2.75, 3.05) is 0 Å². The van der Waals surface area contributed by atoms with E-state index in [0.29, 0.717) is 0 Å². The quantitative estimate of drug-likeness (QED) is 0.807. The Kier molecular flexibility index (Phi) is 2.66. The SMILES string of the molecule is Cc1c(O)n(Cc2cccs2)c(=O)[nH]c1=O. The minimum atomic E-state index is -0.596. The fraction of sp³-hybridized carbons (Fsp3) is 0.200. The number of nitrogens with one attached hydrogen (secondary N) is 1. The van der Waals surface area contributed by atoms with Crippen molar-refractivity contribution >= 4 is 11.3 Å². The standard InChI is InChI=1S/C10H10N2O3S/c1-6-8(13)11-10(15)12(9(6)14)5-7-3-2-4-16-7/h2-4,14H,5H2,1H3,(H,11,13,15). The topological polar surface area (TPSA) is 75.1 Å². The van der Waals surface area contributed by atoms with Crippen LogP contribution in [0.25, 0.3) is 0 Å². The lowest BCUT2D eigenvalue weighted by molar-refractivity contribution is 0.405. The first kappa shape index (κ1) is 10.7. The van der Waals surface area contributed by atoms with Gasteiger partial charge in [0.1, 0.15) is 0 Å². The fourth-order valence-corrected chi connectivity index (χ4v) is 2.06. The highest BCUT2D eigenvalue weighted by Gasteiger charge is 2.10. The third kappa shape index (κ3) is 1.79. The maximum absolute atomic E-state index is 11.5. The smallest absolute Gasteiger partial charge is 0.331 e. The van der Waals surface area contributed by atoms with Gasteiger partial charge in [-0.3, -0.25) is 14.3 Å². The van der Waals surface area contributed by atoms with E-state index in [1.807, 2.05) is 17.5 Å². The average molecular weight is 238 g/mol. The highest BCUT2D eigenvalue weighted by atomic mass is 32.1. The van der Waals surface area contributed by atoms with Gasteiger partial charge in [-0.15, -0.1) is 11.3 Å². The molecule has 0 spiro atoms. The molecule has 0 fully saturated rings. The zero-order valence-corrected chi connectivity index (χ0v) is 9.37. The molecule has 0 radical (unpaired) electrons. The molecule has 0 unspecified atom stereocenters. The van der Waals surface area contributed by atoms with Gasteiger partial charge in [-0.1, -0.05) is 6.07 Å². The average Bonchev–Trinajstić information content (AvgIpc) is 2.74. The monoisotopic (exact) mass is 238 g/mol. The van der Waals surface area contributed by atoms with Crippen LogP contribution < -0.4 is 11.2 Å². The summed E-state index contributed by atoms with van der Waals surface area (Å²) < 4.78 is 1.14. The van der Waals surface area contributed by atoms with Gasteiger partial charge in [0.15, 0.2) is 0 Å². The second-order valence-corrected chi connectivity index (χ2v) is 4.41. The lowest BCUT2D eigenvalue weighted by atomic mass is 10.3. The second kappa shape index (κ2) is 3.97. The summed E-state index contributed by atoms with van der Waals surface area (Å²) in [6.07, 6.45) is 0. The molecule has 2 aromatic rings. The van der Waals surface area contributed by atoms with E-state index in [1.54, 1.807) is 0 Å². The van der Waals surface area contributed by atoms with Crippen LogP contribution in [-0.4, -0.2) is 14.7 Å². The zero-order chi connectivity index (χ0) is 11.7. The summed E-state index contributed by atoms with van der Waals surface area (Å²) in [4.78, 5) is 25.8. The van der Waals surface area contributed by atoms with Gasteiger partial charge in [-0.05, 0) is 18.4 Å². The van der Waals surface area contributed by atoms with Gasteiger partial charge in [0.05, 0.1) is 12.1 Å². The Morgan fingerprint density at radius 3 is 2.88 bits per heavy atom. The van der Waals surface area contributed by atoms with Crippen LogP contribution in [0.5, 0.6) is 5.88 Å². The van der Waals surface area contributed by atoms with Gasteiger partial charge < -0.3 is 5.11 Å². The third-order valence-corrected chi connectivity index (χ3v) is 3.15. The number of hydrogen-bond donors (Lipinski definition) is 2. The molecule has 5 nitrogen and oxygen atoms in total. The van der Waals surface area contributed by atoms with Crippen LogP contribution >= 0.6 is 11.3 Å². The van der Waals surface area contributed by atoms with Gasteiger partial charge in [0.2, 0.25) is 5.88 Å². The predicted octanol–water partition coefficient (Wildman–Crippen LogP) is 0.660. The molecule has 2 rings (SSSR count).